The van der Waals surface area contributed by atoms with Crippen LogP contribution in [0.3, 0.4) is 0 Å². The Morgan fingerprint density at radius 3 is 2.69 bits per heavy atom. The third-order valence-corrected chi connectivity index (χ3v) is 5.94. The van der Waals surface area contributed by atoms with Crippen molar-refractivity contribution in [2.75, 3.05) is 22.4 Å². The molecule has 6 nitrogen and oxygen atoms in total. The fraction of sp³-hybridized carbons (Fsp3) is 0.278. The first-order valence-corrected chi connectivity index (χ1v) is 10.7. The Morgan fingerprint density at radius 1 is 1.27 bits per heavy atom. The molecule has 1 aliphatic rings. The van der Waals surface area contributed by atoms with Crippen LogP contribution in [0.4, 0.5) is 11.4 Å². The predicted octanol–water partition coefficient (Wildman–Crippen LogP) is 3.31. The molecule has 0 fully saturated rings. The number of nitrogens with zero attached hydrogens (tertiary/aromatic N) is 1. The number of amides is 1. The highest BCUT2D eigenvalue weighted by Gasteiger charge is 2.31. The normalized spacial score (nSPS) is 17.0. The zero-order valence-corrected chi connectivity index (χ0v) is 16.8. The summed E-state index contributed by atoms with van der Waals surface area (Å²) < 4.78 is 32.3. The molecule has 2 aromatic rings. The Balaban J connectivity index is 1.89. The second kappa shape index (κ2) is 7.28. The number of rotatable bonds is 3. The SMILES string of the molecule is Cc1ccc2c(c1)N(S(C)(=O)=O)CCC(C(=O)Nc1ccccc1Br)O2. The van der Waals surface area contributed by atoms with Gasteiger partial charge in [0.2, 0.25) is 10.0 Å². The summed E-state index contributed by atoms with van der Waals surface area (Å²) in [5, 5.41) is 2.82. The summed E-state index contributed by atoms with van der Waals surface area (Å²) >= 11 is 3.39. The van der Waals surface area contributed by atoms with Gasteiger partial charge in [-0.15, -0.1) is 0 Å². The molecule has 0 spiro atoms. The van der Waals surface area contributed by atoms with E-state index in [1.54, 1.807) is 18.2 Å². The number of sulfonamides is 1. The van der Waals surface area contributed by atoms with Crippen LogP contribution >= 0.6 is 15.9 Å². The van der Waals surface area contributed by atoms with E-state index >= 15 is 0 Å². The van der Waals surface area contributed by atoms with Crippen molar-refractivity contribution in [3.63, 3.8) is 0 Å². The monoisotopic (exact) mass is 438 g/mol. The van der Waals surface area contributed by atoms with Crippen LogP contribution in [0.1, 0.15) is 12.0 Å². The molecule has 0 saturated heterocycles. The van der Waals surface area contributed by atoms with E-state index in [0.29, 0.717) is 17.1 Å². The number of ether oxygens (including phenoxy) is 1. The van der Waals surface area contributed by atoms with Crippen molar-refractivity contribution < 1.29 is 17.9 Å². The number of aryl methyl sites for hydroxylation is 1. The largest absolute Gasteiger partial charge is 0.478 e. The molecule has 2 aromatic carbocycles. The molecule has 0 bridgehead atoms. The molecule has 1 heterocycles. The number of nitrogens with one attached hydrogen (secondary N) is 1. The van der Waals surface area contributed by atoms with Gasteiger partial charge in [0, 0.05) is 17.4 Å². The molecule has 1 aliphatic heterocycles. The number of benzene rings is 2. The fourth-order valence-corrected chi connectivity index (χ4v) is 4.11. The van der Waals surface area contributed by atoms with Crippen molar-refractivity contribution in [3.8, 4) is 5.75 Å². The van der Waals surface area contributed by atoms with Gasteiger partial charge < -0.3 is 10.1 Å². The molecule has 3 rings (SSSR count). The zero-order chi connectivity index (χ0) is 18.9. The van der Waals surface area contributed by atoms with Crippen LogP contribution in [0.15, 0.2) is 46.9 Å². The van der Waals surface area contributed by atoms with Crippen molar-refractivity contribution in [2.24, 2.45) is 0 Å². The highest BCUT2D eigenvalue weighted by atomic mass is 79.9. The molecule has 8 heteroatoms. The molecule has 0 aliphatic carbocycles. The Hall–Kier alpha value is -2.06. The average Bonchev–Trinajstić information content (AvgIpc) is 2.76. The maximum Gasteiger partial charge on any atom is 0.265 e. The molecule has 1 amide bonds. The topological polar surface area (TPSA) is 75.7 Å². The number of para-hydroxylation sites is 1. The Labute approximate surface area is 161 Å². The molecule has 0 aromatic heterocycles. The maximum absolute atomic E-state index is 12.7. The maximum atomic E-state index is 12.7. The zero-order valence-electron chi connectivity index (χ0n) is 14.4. The minimum atomic E-state index is -3.48. The number of halogens is 1. The average molecular weight is 439 g/mol. The van der Waals surface area contributed by atoms with Crippen molar-refractivity contribution in [2.45, 2.75) is 19.4 Å². The summed E-state index contributed by atoms with van der Waals surface area (Å²) in [4.78, 5) is 12.7. The van der Waals surface area contributed by atoms with E-state index in [-0.39, 0.29) is 18.9 Å². The van der Waals surface area contributed by atoms with Crippen molar-refractivity contribution >= 4 is 43.2 Å². The van der Waals surface area contributed by atoms with Gasteiger partial charge in [-0.2, -0.15) is 0 Å². The first-order valence-electron chi connectivity index (χ1n) is 8.06. The van der Waals surface area contributed by atoms with E-state index in [4.69, 9.17) is 4.74 Å². The standard InChI is InChI=1S/C18H19BrN2O4S/c1-12-7-8-16-15(11-12)21(26(2,23)24)10-9-17(25-16)18(22)20-14-6-4-3-5-13(14)19/h3-8,11,17H,9-10H2,1-2H3,(H,20,22). The lowest BCUT2D eigenvalue weighted by Gasteiger charge is -2.21. The van der Waals surface area contributed by atoms with Crippen molar-refractivity contribution in [1.82, 2.24) is 0 Å². The molecular weight excluding hydrogens is 420 g/mol. The molecule has 138 valence electrons. The lowest BCUT2D eigenvalue weighted by atomic mass is 10.2. The number of fused-ring (bicyclic) bond motifs is 1. The van der Waals surface area contributed by atoms with Gasteiger partial charge in [0.15, 0.2) is 6.10 Å². The van der Waals surface area contributed by atoms with Gasteiger partial charge in [-0.25, -0.2) is 8.42 Å². The third-order valence-electron chi connectivity index (χ3n) is 4.07. The van der Waals surface area contributed by atoms with Crippen LogP contribution < -0.4 is 14.4 Å². The summed E-state index contributed by atoms with van der Waals surface area (Å²) in [6.45, 7) is 2.05. The first kappa shape index (κ1) is 18.7. The molecule has 0 saturated carbocycles. The molecule has 1 atom stereocenters. The van der Waals surface area contributed by atoms with E-state index in [2.05, 4.69) is 21.2 Å². The summed E-state index contributed by atoms with van der Waals surface area (Å²) in [6, 6.07) is 12.6. The summed E-state index contributed by atoms with van der Waals surface area (Å²) in [5.41, 5.74) is 2.01. The van der Waals surface area contributed by atoms with Crippen molar-refractivity contribution in [1.29, 1.82) is 0 Å². The van der Waals surface area contributed by atoms with Crippen LogP contribution in [-0.4, -0.2) is 33.2 Å². The quantitative estimate of drug-likeness (QED) is 0.797. The molecule has 1 unspecified atom stereocenters. The van der Waals surface area contributed by atoms with Gasteiger partial charge in [-0.1, -0.05) is 18.2 Å². The predicted molar refractivity (Wildman–Crippen MR) is 105 cm³/mol. The third kappa shape index (κ3) is 4.02. The van der Waals surface area contributed by atoms with Crippen molar-refractivity contribution in [3.05, 3.63) is 52.5 Å². The Bertz CT molecular complexity index is 946. The number of hydrogen-bond acceptors (Lipinski definition) is 4. The van der Waals surface area contributed by atoms with Gasteiger partial charge in [0.25, 0.3) is 5.91 Å². The van der Waals surface area contributed by atoms with Gasteiger partial charge >= 0.3 is 0 Å². The highest BCUT2D eigenvalue weighted by molar-refractivity contribution is 9.10. The lowest BCUT2D eigenvalue weighted by Crippen LogP contribution is -2.36. The Kier molecular flexibility index (Phi) is 5.24. The number of carbonyl (C=O) groups is 1. The molecule has 26 heavy (non-hydrogen) atoms. The van der Waals surface area contributed by atoms with Crippen LogP contribution in [0.2, 0.25) is 0 Å². The van der Waals surface area contributed by atoms with Crippen LogP contribution in [0, 0.1) is 6.92 Å². The van der Waals surface area contributed by atoms with Crippen LogP contribution in [0.25, 0.3) is 0 Å². The van der Waals surface area contributed by atoms with Gasteiger partial charge in [-0.05, 0) is 52.7 Å². The van der Waals surface area contributed by atoms with E-state index < -0.39 is 16.1 Å². The first-order chi connectivity index (χ1) is 12.3. The van der Waals surface area contributed by atoms with E-state index in [9.17, 15) is 13.2 Å². The number of hydrogen-bond donors (Lipinski definition) is 1. The van der Waals surface area contributed by atoms with Gasteiger partial charge in [-0.3, -0.25) is 9.10 Å². The number of anilines is 2. The van der Waals surface area contributed by atoms with E-state index in [0.717, 1.165) is 16.3 Å². The van der Waals surface area contributed by atoms with E-state index in [1.165, 1.54) is 4.31 Å². The second-order valence-corrected chi connectivity index (χ2v) is 8.93. The highest BCUT2D eigenvalue weighted by Crippen LogP contribution is 2.35. The summed E-state index contributed by atoms with van der Waals surface area (Å²) in [6.07, 6.45) is 0.604. The Morgan fingerprint density at radius 2 is 2.00 bits per heavy atom. The number of carbonyl (C=O) groups excluding carboxylic acids is 1. The second-order valence-electron chi connectivity index (χ2n) is 6.17. The van der Waals surface area contributed by atoms with Gasteiger partial charge in [0.05, 0.1) is 17.6 Å². The smallest absolute Gasteiger partial charge is 0.265 e. The fourth-order valence-electron chi connectivity index (χ4n) is 2.79. The molecule has 0 radical (unpaired) electrons. The van der Waals surface area contributed by atoms with Crippen LogP contribution in [-0.2, 0) is 14.8 Å². The molecule has 1 N–H and O–H groups in total. The molecular formula is C18H19BrN2O4S. The minimum absolute atomic E-state index is 0.170. The summed E-state index contributed by atoms with van der Waals surface area (Å²) in [5.74, 6) is 0.0598. The van der Waals surface area contributed by atoms with Gasteiger partial charge in [0.1, 0.15) is 5.75 Å². The van der Waals surface area contributed by atoms with E-state index in [1.807, 2.05) is 31.2 Å². The lowest BCUT2D eigenvalue weighted by molar-refractivity contribution is -0.122. The van der Waals surface area contributed by atoms with Crippen LogP contribution in [0.5, 0.6) is 5.75 Å². The summed E-state index contributed by atoms with van der Waals surface area (Å²) in [7, 11) is -3.48. The minimum Gasteiger partial charge on any atom is -0.478 e.